The van der Waals surface area contributed by atoms with E-state index in [-0.39, 0.29) is 18.4 Å². The number of benzene rings is 1. The number of nitrogens with zero attached hydrogens (tertiary/aromatic N) is 2. The van der Waals surface area contributed by atoms with Crippen LogP contribution in [0.3, 0.4) is 0 Å². The summed E-state index contributed by atoms with van der Waals surface area (Å²) in [6.45, 7) is 4.03. The van der Waals surface area contributed by atoms with Crippen LogP contribution >= 0.6 is 11.3 Å². The molecule has 0 aliphatic heterocycles. The summed E-state index contributed by atoms with van der Waals surface area (Å²) in [6, 6.07) is 10.8. The lowest BCUT2D eigenvalue weighted by atomic mass is 10.0. The number of primary amides is 1. The van der Waals surface area contributed by atoms with Crippen molar-refractivity contribution in [3.8, 4) is 0 Å². The van der Waals surface area contributed by atoms with Crippen molar-refractivity contribution in [1.82, 2.24) is 15.3 Å². The van der Waals surface area contributed by atoms with Crippen LogP contribution in [0.25, 0.3) is 10.9 Å². The number of amides is 2. The van der Waals surface area contributed by atoms with Crippen LogP contribution in [0.2, 0.25) is 0 Å². The molecule has 28 heavy (non-hydrogen) atoms. The van der Waals surface area contributed by atoms with Gasteiger partial charge in [0.2, 0.25) is 11.8 Å². The number of carbonyl (C=O) groups excluding carboxylic acids is 2. The topological polar surface area (TPSA) is 110 Å². The fraction of sp³-hybridized carbons (Fsp3) is 0.300. The molecule has 0 bridgehead atoms. The first kappa shape index (κ1) is 19.8. The van der Waals surface area contributed by atoms with Crippen molar-refractivity contribution in [3.05, 3.63) is 52.5 Å². The summed E-state index contributed by atoms with van der Waals surface area (Å²) >= 11 is 1.54. The second-order valence-corrected chi connectivity index (χ2v) is 7.84. The maximum Gasteiger partial charge on any atom is 0.240 e. The molecule has 8 heteroatoms. The molecule has 3 rings (SSSR count). The molecule has 1 atom stereocenters. The molecule has 7 nitrogen and oxygen atoms in total. The fourth-order valence-electron chi connectivity index (χ4n) is 2.84. The van der Waals surface area contributed by atoms with Crippen molar-refractivity contribution >= 4 is 39.9 Å². The van der Waals surface area contributed by atoms with E-state index >= 15 is 0 Å². The molecule has 4 N–H and O–H groups in total. The van der Waals surface area contributed by atoms with E-state index in [1.165, 1.54) is 0 Å². The number of hydrogen-bond acceptors (Lipinski definition) is 6. The fourth-order valence-corrected chi connectivity index (χ4v) is 3.54. The summed E-state index contributed by atoms with van der Waals surface area (Å²) in [6.07, 6.45) is 0.327. The van der Waals surface area contributed by atoms with E-state index in [4.69, 9.17) is 5.73 Å². The van der Waals surface area contributed by atoms with Crippen molar-refractivity contribution in [3.63, 3.8) is 0 Å². The third kappa shape index (κ3) is 4.83. The van der Waals surface area contributed by atoms with Gasteiger partial charge in [0.05, 0.1) is 18.5 Å². The smallest absolute Gasteiger partial charge is 0.240 e. The molecule has 0 aliphatic carbocycles. The highest BCUT2D eigenvalue weighted by atomic mass is 32.1. The molecular weight excluding hydrogens is 374 g/mol. The van der Waals surface area contributed by atoms with E-state index in [1.54, 1.807) is 11.3 Å². The number of nitrogens with one attached hydrogen (secondary N) is 2. The maximum absolute atomic E-state index is 12.2. The van der Waals surface area contributed by atoms with Gasteiger partial charge in [-0.2, -0.15) is 0 Å². The molecule has 2 heterocycles. The van der Waals surface area contributed by atoms with Crippen LogP contribution in [-0.4, -0.2) is 27.8 Å². The number of carbonyl (C=O) groups is 2. The quantitative estimate of drug-likeness (QED) is 0.541. The van der Waals surface area contributed by atoms with Gasteiger partial charge in [-0.3, -0.25) is 9.59 Å². The Hall–Kier alpha value is -3.00. The van der Waals surface area contributed by atoms with Gasteiger partial charge < -0.3 is 16.4 Å². The Morgan fingerprint density at radius 3 is 2.61 bits per heavy atom. The Morgan fingerprint density at radius 2 is 1.93 bits per heavy atom. The average Bonchev–Trinajstić information content (AvgIpc) is 3.16. The van der Waals surface area contributed by atoms with Gasteiger partial charge in [-0.1, -0.05) is 32.0 Å². The Morgan fingerprint density at radius 1 is 1.14 bits per heavy atom. The molecule has 146 valence electrons. The van der Waals surface area contributed by atoms with Gasteiger partial charge in [0.15, 0.2) is 5.82 Å². The van der Waals surface area contributed by atoms with Gasteiger partial charge in [-0.15, -0.1) is 11.3 Å². The Labute approximate surface area is 167 Å². The van der Waals surface area contributed by atoms with Crippen molar-refractivity contribution in [2.24, 2.45) is 11.7 Å². The normalized spacial score (nSPS) is 12.1. The summed E-state index contributed by atoms with van der Waals surface area (Å²) in [5.41, 5.74) is 6.26. The van der Waals surface area contributed by atoms with Crippen molar-refractivity contribution < 1.29 is 9.59 Å². The van der Waals surface area contributed by atoms with Crippen LogP contribution in [0.5, 0.6) is 0 Å². The number of hydrogen-bond donors (Lipinski definition) is 3. The summed E-state index contributed by atoms with van der Waals surface area (Å²) < 4.78 is 0. The highest BCUT2D eigenvalue weighted by Gasteiger charge is 2.21. The van der Waals surface area contributed by atoms with Crippen LogP contribution in [0, 0.1) is 5.92 Å². The van der Waals surface area contributed by atoms with Crippen molar-refractivity contribution in [2.75, 3.05) is 5.32 Å². The zero-order chi connectivity index (χ0) is 20.1. The minimum absolute atomic E-state index is 0.000163. The predicted molar refractivity (Wildman–Crippen MR) is 111 cm³/mol. The van der Waals surface area contributed by atoms with E-state index < -0.39 is 11.9 Å². The maximum atomic E-state index is 12.2. The number of para-hydroxylation sites is 1. The first-order valence-corrected chi connectivity index (χ1v) is 9.92. The van der Waals surface area contributed by atoms with E-state index in [0.717, 1.165) is 15.8 Å². The Kier molecular flexibility index (Phi) is 6.20. The van der Waals surface area contributed by atoms with Crippen LogP contribution in [-0.2, 0) is 22.6 Å². The minimum Gasteiger partial charge on any atom is -0.368 e. The molecule has 3 aromatic rings. The number of aromatic nitrogens is 2. The molecule has 0 saturated carbocycles. The molecule has 2 aromatic heterocycles. The lowest BCUT2D eigenvalue weighted by Crippen LogP contribution is -2.40. The molecule has 0 aliphatic rings. The second kappa shape index (κ2) is 8.79. The lowest BCUT2D eigenvalue weighted by Gasteiger charge is -2.21. The van der Waals surface area contributed by atoms with E-state index in [1.807, 2.05) is 55.6 Å². The summed E-state index contributed by atoms with van der Waals surface area (Å²) in [7, 11) is 0. The van der Waals surface area contributed by atoms with E-state index in [0.29, 0.717) is 18.1 Å². The lowest BCUT2D eigenvalue weighted by molar-refractivity contribution is -0.121. The third-order valence-electron chi connectivity index (χ3n) is 4.27. The molecule has 0 radical (unpaired) electrons. The minimum atomic E-state index is -0.556. The number of thiophene rings is 1. The SMILES string of the molecule is CC(C)[C@H](Nc1nc(CNC(=O)Cc2cccs2)nc2ccccc12)C(N)=O. The summed E-state index contributed by atoms with van der Waals surface area (Å²) in [5, 5.41) is 8.74. The van der Waals surface area contributed by atoms with Crippen molar-refractivity contribution in [2.45, 2.75) is 32.9 Å². The van der Waals surface area contributed by atoms with Gasteiger partial charge >= 0.3 is 0 Å². The number of nitrogens with two attached hydrogens (primary N) is 1. The molecule has 2 amide bonds. The zero-order valence-electron chi connectivity index (χ0n) is 15.8. The van der Waals surface area contributed by atoms with E-state index in [2.05, 4.69) is 20.6 Å². The molecule has 1 aromatic carbocycles. The van der Waals surface area contributed by atoms with Crippen LogP contribution < -0.4 is 16.4 Å². The Bertz CT molecular complexity index is 972. The standard InChI is InChI=1S/C20H23N5O2S/c1-12(2)18(19(21)27)25-20-14-7-3-4-8-15(14)23-16(24-20)11-22-17(26)10-13-6-5-9-28-13/h3-9,12,18H,10-11H2,1-2H3,(H2,21,27)(H,22,26)(H,23,24,25)/t18-/m0/s1. The molecular formula is C20H23N5O2S. The monoisotopic (exact) mass is 397 g/mol. The highest BCUT2D eigenvalue weighted by Crippen LogP contribution is 2.22. The molecule has 0 fully saturated rings. The number of fused-ring (bicyclic) bond motifs is 1. The summed E-state index contributed by atoms with van der Waals surface area (Å²) in [4.78, 5) is 34.0. The second-order valence-electron chi connectivity index (χ2n) is 6.81. The van der Waals surface area contributed by atoms with Crippen LogP contribution in [0.1, 0.15) is 24.5 Å². The number of anilines is 1. The van der Waals surface area contributed by atoms with Crippen LogP contribution in [0.4, 0.5) is 5.82 Å². The van der Waals surface area contributed by atoms with Gasteiger partial charge in [0.25, 0.3) is 0 Å². The molecule has 0 unspecified atom stereocenters. The largest absolute Gasteiger partial charge is 0.368 e. The summed E-state index contributed by atoms with van der Waals surface area (Å²) in [5.74, 6) is 0.466. The van der Waals surface area contributed by atoms with Crippen LogP contribution in [0.15, 0.2) is 41.8 Å². The van der Waals surface area contributed by atoms with E-state index in [9.17, 15) is 9.59 Å². The van der Waals surface area contributed by atoms with Gasteiger partial charge in [0, 0.05) is 10.3 Å². The Balaban J connectivity index is 1.81. The average molecular weight is 398 g/mol. The van der Waals surface area contributed by atoms with Gasteiger partial charge in [0.1, 0.15) is 11.9 Å². The zero-order valence-corrected chi connectivity index (χ0v) is 16.6. The third-order valence-corrected chi connectivity index (χ3v) is 5.15. The first-order chi connectivity index (χ1) is 13.4. The van der Waals surface area contributed by atoms with Gasteiger partial charge in [-0.25, -0.2) is 9.97 Å². The van der Waals surface area contributed by atoms with Crippen molar-refractivity contribution in [1.29, 1.82) is 0 Å². The first-order valence-electron chi connectivity index (χ1n) is 9.04. The number of rotatable bonds is 8. The predicted octanol–water partition coefficient (Wildman–Crippen LogP) is 2.47. The molecule has 0 saturated heterocycles. The highest BCUT2D eigenvalue weighted by molar-refractivity contribution is 7.10. The molecule has 0 spiro atoms. The van der Waals surface area contributed by atoms with Gasteiger partial charge in [-0.05, 0) is 29.5 Å².